The predicted octanol–water partition coefficient (Wildman–Crippen LogP) is 6.31. The quantitative estimate of drug-likeness (QED) is 0.418. The summed E-state index contributed by atoms with van der Waals surface area (Å²) in [6.07, 6.45) is 0.529. The fraction of sp³-hybridized carbons (Fsp3) is 0.286. The summed E-state index contributed by atoms with van der Waals surface area (Å²) >= 11 is 6.23. The molecule has 5 nitrogen and oxygen atoms in total. The molecule has 7 heteroatoms. The van der Waals surface area contributed by atoms with Crippen LogP contribution in [0, 0.1) is 5.82 Å². The molecule has 0 bridgehead atoms. The summed E-state index contributed by atoms with van der Waals surface area (Å²) in [7, 11) is 0. The Labute approximate surface area is 209 Å². The minimum Gasteiger partial charge on any atom is -0.480 e. The molecule has 0 spiro atoms. The van der Waals surface area contributed by atoms with Gasteiger partial charge in [0.1, 0.15) is 11.6 Å². The predicted molar refractivity (Wildman–Crippen MR) is 135 cm³/mol. The molecule has 3 aromatic rings. The zero-order valence-electron chi connectivity index (χ0n) is 19.8. The minimum atomic E-state index is -0.640. The van der Waals surface area contributed by atoms with Crippen molar-refractivity contribution in [3.63, 3.8) is 0 Å². The third-order valence-electron chi connectivity index (χ3n) is 6.22. The number of carbonyl (C=O) groups is 2. The van der Waals surface area contributed by atoms with Crippen LogP contribution in [0.2, 0.25) is 5.02 Å². The topological polar surface area (TPSA) is 58.6 Å². The summed E-state index contributed by atoms with van der Waals surface area (Å²) in [5.41, 5.74) is 3.02. The van der Waals surface area contributed by atoms with Gasteiger partial charge in [0.25, 0.3) is 5.91 Å². The van der Waals surface area contributed by atoms with Crippen molar-refractivity contribution in [2.45, 2.75) is 51.8 Å². The average Bonchev–Trinajstić information content (AvgIpc) is 2.98. The number of carbonyl (C=O) groups excluding carboxylic acids is 2. The summed E-state index contributed by atoms with van der Waals surface area (Å²) in [4.78, 5) is 27.9. The molecule has 0 saturated carbocycles. The van der Waals surface area contributed by atoms with Crippen molar-refractivity contribution in [3.8, 4) is 5.75 Å². The molecule has 0 saturated heterocycles. The van der Waals surface area contributed by atoms with E-state index in [2.05, 4.69) is 5.32 Å². The maximum Gasteiger partial charge on any atom is 0.264 e. The first-order chi connectivity index (χ1) is 16.9. The lowest BCUT2D eigenvalue weighted by Crippen LogP contribution is -2.38. The number of nitrogens with zero attached hydrogens (tertiary/aromatic N) is 1. The molecule has 0 fully saturated rings. The van der Waals surface area contributed by atoms with E-state index in [0.29, 0.717) is 29.8 Å². The lowest BCUT2D eigenvalue weighted by molar-refractivity contribution is -0.139. The number of amides is 2. The van der Waals surface area contributed by atoms with Gasteiger partial charge in [0.05, 0.1) is 5.92 Å². The van der Waals surface area contributed by atoms with Crippen molar-refractivity contribution < 1.29 is 18.7 Å². The Morgan fingerprint density at radius 1 is 1.14 bits per heavy atom. The smallest absolute Gasteiger partial charge is 0.264 e. The highest BCUT2D eigenvalue weighted by atomic mass is 35.5. The molecule has 1 heterocycles. The molecule has 35 heavy (non-hydrogen) atoms. The molecular formula is C28H28ClFN2O3. The van der Waals surface area contributed by atoms with Gasteiger partial charge >= 0.3 is 0 Å². The van der Waals surface area contributed by atoms with E-state index in [9.17, 15) is 14.0 Å². The van der Waals surface area contributed by atoms with Crippen LogP contribution >= 0.6 is 11.6 Å². The maximum atomic E-state index is 13.5. The van der Waals surface area contributed by atoms with Crippen molar-refractivity contribution in [2.24, 2.45) is 0 Å². The van der Waals surface area contributed by atoms with Gasteiger partial charge < -0.3 is 15.0 Å². The van der Waals surface area contributed by atoms with E-state index < -0.39 is 11.9 Å². The molecule has 0 unspecified atom stereocenters. The zero-order chi connectivity index (χ0) is 24.9. The second-order valence-electron chi connectivity index (χ2n) is 8.63. The van der Waals surface area contributed by atoms with Gasteiger partial charge in [0.15, 0.2) is 6.10 Å². The first-order valence-corrected chi connectivity index (χ1v) is 12.2. The van der Waals surface area contributed by atoms with E-state index in [0.717, 1.165) is 11.1 Å². The molecule has 0 radical (unpaired) electrons. The first kappa shape index (κ1) is 24.7. The Balaban J connectivity index is 1.58. The Morgan fingerprint density at radius 3 is 2.60 bits per heavy atom. The van der Waals surface area contributed by atoms with Gasteiger partial charge in [-0.3, -0.25) is 9.59 Å². The third kappa shape index (κ3) is 5.65. The molecule has 4 rings (SSSR count). The second-order valence-corrected chi connectivity index (χ2v) is 9.04. The van der Waals surface area contributed by atoms with Crippen LogP contribution in [0.25, 0.3) is 0 Å². The minimum absolute atomic E-state index is 0.0920. The largest absolute Gasteiger partial charge is 0.480 e. The van der Waals surface area contributed by atoms with Crippen LogP contribution in [0.3, 0.4) is 0 Å². The second kappa shape index (κ2) is 10.9. The number of hydrogen-bond donors (Lipinski definition) is 1. The Morgan fingerprint density at radius 2 is 1.91 bits per heavy atom. The van der Waals surface area contributed by atoms with Crippen LogP contribution < -0.4 is 10.1 Å². The van der Waals surface area contributed by atoms with Gasteiger partial charge in [-0.25, -0.2) is 4.39 Å². The maximum absolute atomic E-state index is 13.5. The van der Waals surface area contributed by atoms with E-state index in [4.69, 9.17) is 16.3 Å². The number of hydrogen-bond acceptors (Lipinski definition) is 3. The SMILES string of the molecule is CC[C@H]1Oc2ccc(NC(=O)[C@H](CC)c3ccccc3)cc2CN(Cc2ccc(F)cc2Cl)C1=O. The monoisotopic (exact) mass is 494 g/mol. The van der Waals surface area contributed by atoms with E-state index >= 15 is 0 Å². The van der Waals surface area contributed by atoms with Crippen LogP contribution in [0.15, 0.2) is 66.7 Å². The molecule has 182 valence electrons. The zero-order valence-corrected chi connectivity index (χ0v) is 20.5. The van der Waals surface area contributed by atoms with Gasteiger partial charge in [-0.15, -0.1) is 0 Å². The molecule has 0 aromatic heterocycles. The number of halogens is 2. The number of anilines is 1. The number of fused-ring (bicyclic) bond motifs is 1. The molecular weight excluding hydrogens is 467 g/mol. The lowest BCUT2D eigenvalue weighted by Gasteiger charge is -2.24. The van der Waals surface area contributed by atoms with Crippen LogP contribution in [0.4, 0.5) is 10.1 Å². The summed E-state index contributed by atoms with van der Waals surface area (Å²) < 4.78 is 19.5. The van der Waals surface area contributed by atoms with Crippen molar-refractivity contribution in [1.82, 2.24) is 4.90 Å². The Kier molecular flexibility index (Phi) is 7.71. The van der Waals surface area contributed by atoms with E-state index in [1.807, 2.05) is 50.2 Å². The molecule has 0 aliphatic carbocycles. The van der Waals surface area contributed by atoms with Crippen LogP contribution in [0.1, 0.15) is 49.3 Å². The average molecular weight is 495 g/mol. The van der Waals surface area contributed by atoms with Gasteiger partial charge in [0, 0.05) is 29.4 Å². The molecule has 2 atom stereocenters. The van der Waals surface area contributed by atoms with Crippen LogP contribution in [0.5, 0.6) is 5.75 Å². The summed E-state index contributed by atoms with van der Waals surface area (Å²) in [5, 5.41) is 3.28. The summed E-state index contributed by atoms with van der Waals surface area (Å²) in [6, 6.07) is 19.3. The van der Waals surface area contributed by atoms with Gasteiger partial charge in [-0.2, -0.15) is 0 Å². The molecule has 1 N–H and O–H groups in total. The highest BCUT2D eigenvalue weighted by molar-refractivity contribution is 6.31. The number of nitrogens with one attached hydrogen (secondary N) is 1. The van der Waals surface area contributed by atoms with Gasteiger partial charge in [-0.05, 0) is 54.3 Å². The van der Waals surface area contributed by atoms with E-state index in [1.54, 1.807) is 23.1 Å². The standard InChI is InChI=1S/C28H28ClFN2O3/c1-3-23(18-8-6-5-7-9-18)27(33)31-22-12-13-26-20(14-22)17-32(28(34)25(4-2)35-26)16-19-10-11-21(30)15-24(19)29/h5-15,23,25H,3-4,16-17H2,1-2H3,(H,31,33)/t23-,25-/m1/s1. The number of benzene rings is 3. The molecule has 3 aromatic carbocycles. The Hall–Kier alpha value is -3.38. The summed E-state index contributed by atoms with van der Waals surface area (Å²) in [5.74, 6) is -0.349. The molecule has 1 aliphatic heterocycles. The van der Waals surface area contributed by atoms with Crippen LogP contribution in [-0.4, -0.2) is 22.8 Å². The van der Waals surface area contributed by atoms with Gasteiger partial charge in [0.2, 0.25) is 5.91 Å². The number of rotatable bonds is 7. The molecule has 2 amide bonds. The van der Waals surface area contributed by atoms with Crippen molar-refractivity contribution in [1.29, 1.82) is 0 Å². The van der Waals surface area contributed by atoms with Crippen molar-refractivity contribution >= 4 is 29.1 Å². The van der Waals surface area contributed by atoms with Gasteiger partial charge in [-0.1, -0.05) is 61.8 Å². The number of ether oxygens (including phenoxy) is 1. The highest BCUT2D eigenvalue weighted by Crippen LogP contribution is 2.32. The normalized spacial score (nSPS) is 16.2. The van der Waals surface area contributed by atoms with Crippen molar-refractivity contribution in [2.75, 3.05) is 5.32 Å². The van der Waals surface area contributed by atoms with E-state index in [1.165, 1.54) is 12.1 Å². The van der Waals surface area contributed by atoms with E-state index in [-0.39, 0.29) is 35.8 Å². The highest BCUT2D eigenvalue weighted by Gasteiger charge is 2.30. The Bertz CT molecular complexity index is 1220. The lowest BCUT2D eigenvalue weighted by atomic mass is 9.95. The third-order valence-corrected chi connectivity index (χ3v) is 6.57. The molecule has 1 aliphatic rings. The van der Waals surface area contributed by atoms with Crippen molar-refractivity contribution in [3.05, 3.63) is 94.3 Å². The van der Waals surface area contributed by atoms with Crippen LogP contribution in [-0.2, 0) is 22.7 Å². The first-order valence-electron chi connectivity index (χ1n) is 11.8. The fourth-order valence-electron chi connectivity index (χ4n) is 4.32. The fourth-order valence-corrected chi connectivity index (χ4v) is 4.55. The summed E-state index contributed by atoms with van der Waals surface area (Å²) in [6.45, 7) is 4.37.